The van der Waals surface area contributed by atoms with Crippen molar-refractivity contribution in [2.45, 2.75) is 76.7 Å². The Labute approximate surface area is 122 Å². The maximum atomic E-state index is 12.8. The summed E-state index contributed by atoms with van der Waals surface area (Å²) in [4.78, 5) is 27.1. The summed E-state index contributed by atoms with van der Waals surface area (Å²) in [5.41, 5.74) is 0. The fourth-order valence-corrected chi connectivity index (χ4v) is 4.49. The van der Waals surface area contributed by atoms with Gasteiger partial charge in [0.05, 0.1) is 0 Å². The summed E-state index contributed by atoms with van der Waals surface area (Å²) in [6.07, 6.45) is 12.0. The summed E-state index contributed by atoms with van der Waals surface area (Å²) < 4.78 is 0. The molecule has 2 aliphatic carbocycles. The first-order valence-corrected chi connectivity index (χ1v) is 8.60. The molecule has 3 aliphatic rings. The second-order valence-corrected chi connectivity index (χ2v) is 6.89. The van der Waals surface area contributed by atoms with Crippen LogP contribution in [0.2, 0.25) is 0 Å². The van der Waals surface area contributed by atoms with Gasteiger partial charge in [0, 0.05) is 30.8 Å². The number of amides is 1. The van der Waals surface area contributed by atoms with E-state index in [0.717, 1.165) is 51.5 Å². The first-order chi connectivity index (χ1) is 9.77. The fourth-order valence-electron chi connectivity index (χ4n) is 4.49. The zero-order valence-corrected chi connectivity index (χ0v) is 12.5. The zero-order valence-electron chi connectivity index (χ0n) is 12.5. The standard InChI is InChI=1S/C17H27NO2/c19-16-11-5-4-9-14(16)15-10-6-12-18(15)17(20)13-7-2-1-3-8-13/h13-15H,1-12H2. The molecule has 1 heterocycles. The molecule has 2 saturated carbocycles. The normalized spacial score (nSPS) is 32.6. The minimum Gasteiger partial charge on any atom is -0.339 e. The van der Waals surface area contributed by atoms with Gasteiger partial charge in [-0.2, -0.15) is 0 Å². The van der Waals surface area contributed by atoms with Gasteiger partial charge >= 0.3 is 0 Å². The van der Waals surface area contributed by atoms with Gasteiger partial charge in [0.25, 0.3) is 0 Å². The number of hydrogen-bond acceptors (Lipinski definition) is 2. The summed E-state index contributed by atoms with van der Waals surface area (Å²) in [6.45, 7) is 0.893. The Morgan fingerprint density at radius 3 is 2.40 bits per heavy atom. The van der Waals surface area contributed by atoms with Crippen molar-refractivity contribution in [3.63, 3.8) is 0 Å². The van der Waals surface area contributed by atoms with Gasteiger partial charge in [-0.1, -0.05) is 25.7 Å². The Balaban J connectivity index is 1.68. The van der Waals surface area contributed by atoms with E-state index in [2.05, 4.69) is 4.90 Å². The fraction of sp³-hybridized carbons (Fsp3) is 0.882. The van der Waals surface area contributed by atoms with Gasteiger partial charge in [-0.15, -0.1) is 0 Å². The molecule has 2 atom stereocenters. The van der Waals surface area contributed by atoms with E-state index in [9.17, 15) is 9.59 Å². The van der Waals surface area contributed by atoms with Gasteiger partial charge < -0.3 is 4.90 Å². The maximum Gasteiger partial charge on any atom is 0.225 e. The third-order valence-electron chi connectivity index (χ3n) is 5.60. The summed E-state index contributed by atoms with van der Waals surface area (Å²) in [7, 11) is 0. The van der Waals surface area contributed by atoms with Gasteiger partial charge in [-0.25, -0.2) is 0 Å². The summed E-state index contributed by atoms with van der Waals surface area (Å²) >= 11 is 0. The van der Waals surface area contributed by atoms with E-state index in [0.29, 0.717) is 11.7 Å². The third-order valence-corrected chi connectivity index (χ3v) is 5.60. The highest BCUT2D eigenvalue weighted by Gasteiger charge is 2.40. The van der Waals surface area contributed by atoms with Crippen LogP contribution in [0.3, 0.4) is 0 Å². The van der Waals surface area contributed by atoms with E-state index in [1.807, 2.05) is 0 Å². The molecule has 0 radical (unpaired) electrons. The van der Waals surface area contributed by atoms with Crippen LogP contribution in [0.25, 0.3) is 0 Å². The lowest BCUT2D eigenvalue weighted by atomic mass is 9.81. The molecule has 112 valence electrons. The molecule has 3 rings (SSSR count). The number of carbonyl (C=O) groups is 2. The van der Waals surface area contributed by atoms with Crippen LogP contribution in [0.5, 0.6) is 0 Å². The second-order valence-electron chi connectivity index (χ2n) is 6.89. The molecule has 3 fully saturated rings. The van der Waals surface area contributed by atoms with Crippen molar-refractivity contribution in [1.82, 2.24) is 4.90 Å². The van der Waals surface area contributed by atoms with E-state index >= 15 is 0 Å². The van der Waals surface area contributed by atoms with Crippen LogP contribution in [0.1, 0.15) is 70.6 Å². The third kappa shape index (κ3) is 2.77. The van der Waals surface area contributed by atoms with E-state index in [-0.39, 0.29) is 17.9 Å². The van der Waals surface area contributed by atoms with Crippen molar-refractivity contribution in [2.24, 2.45) is 11.8 Å². The molecule has 0 aromatic rings. The Bertz CT molecular complexity index is 373. The first kappa shape index (κ1) is 14.1. The molecule has 1 saturated heterocycles. The van der Waals surface area contributed by atoms with Gasteiger partial charge in [0.1, 0.15) is 5.78 Å². The molecule has 20 heavy (non-hydrogen) atoms. The lowest BCUT2D eigenvalue weighted by Gasteiger charge is -2.35. The van der Waals surface area contributed by atoms with Crippen molar-refractivity contribution in [3.05, 3.63) is 0 Å². The molecule has 0 bridgehead atoms. The molecule has 1 amide bonds. The monoisotopic (exact) mass is 277 g/mol. The van der Waals surface area contributed by atoms with Crippen LogP contribution in [0.15, 0.2) is 0 Å². The summed E-state index contributed by atoms with van der Waals surface area (Å²) in [6, 6.07) is 0.234. The average molecular weight is 277 g/mol. The van der Waals surface area contributed by atoms with Crippen molar-refractivity contribution in [3.8, 4) is 0 Å². The summed E-state index contributed by atoms with van der Waals surface area (Å²) in [5.74, 6) is 1.19. The highest BCUT2D eigenvalue weighted by Crippen LogP contribution is 2.35. The lowest BCUT2D eigenvalue weighted by molar-refractivity contribution is -0.140. The van der Waals surface area contributed by atoms with Crippen LogP contribution in [-0.2, 0) is 9.59 Å². The SMILES string of the molecule is O=C1CCCCC1C1CCCN1C(=O)C1CCCCC1. The molecule has 0 spiro atoms. The molecule has 1 aliphatic heterocycles. The van der Waals surface area contributed by atoms with Crippen LogP contribution in [0.4, 0.5) is 0 Å². The van der Waals surface area contributed by atoms with Crippen molar-refractivity contribution >= 4 is 11.7 Å². The Kier molecular flexibility index (Phi) is 4.42. The number of nitrogens with zero attached hydrogens (tertiary/aromatic N) is 1. The van der Waals surface area contributed by atoms with Gasteiger partial charge in [-0.05, 0) is 38.5 Å². The second kappa shape index (κ2) is 6.28. The largest absolute Gasteiger partial charge is 0.339 e. The first-order valence-electron chi connectivity index (χ1n) is 8.60. The molecule has 2 unspecified atom stereocenters. The minimum atomic E-state index is 0.152. The Morgan fingerprint density at radius 1 is 0.900 bits per heavy atom. The summed E-state index contributed by atoms with van der Waals surface area (Å²) in [5, 5.41) is 0. The minimum absolute atomic E-state index is 0.152. The van der Waals surface area contributed by atoms with Gasteiger partial charge in [-0.3, -0.25) is 9.59 Å². The smallest absolute Gasteiger partial charge is 0.225 e. The number of Topliss-reactive ketones (excluding diaryl/α,β-unsaturated/α-hetero) is 1. The van der Waals surface area contributed by atoms with E-state index in [4.69, 9.17) is 0 Å². The molecule has 3 nitrogen and oxygen atoms in total. The van der Waals surface area contributed by atoms with Crippen LogP contribution in [-0.4, -0.2) is 29.2 Å². The quantitative estimate of drug-likeness (QED) is 0.776. The highest BCUT2D eigenvalue weighted by atomic mass is 16.2. The number of hydrogen-bond donors (Lipinski definition) is 0. The number of ketones is 1. The van der Waals surface area contributed by atoms with Crippen LogP contribution in [0, 0.1) is 11.8 Å². The number of likely N-dealkylation sites (tertiary alicyclic amines) is 1. The molecular formula is C17H27NO2. The number of carbonyl (C=O) groups excluding carboxylic acids is 2. The maximum absolute atomic E-state index is 12.8. The predicted molar refractivity (Wildman–Crippen MR) is 78.3 cm³/mol. The van der Waals surface area contributed by atoms with Crippen molar-refractivity contribution in [1.29, 1.82) is 0 Å². The molecule has 0 aromatic carbocycles. The zero-order chi connectivity index (χ0) is 13.9. The highest BCUT2D eigenvalue weighted by molar-refractivity contribution is 5.84. The van der Waals surface area contributed by atoms with Gasteiger partial charge in [0.15, 0.2) is 0 Å². The molecule has 0 N–H and O–H groups in total. The Morgan fingerprint density at radius 2 is 1.65 bits per heavy atom. The van der Waals surface area contributed by atoms with E-state index < -0.39 is 0 Å². The molecule has 3 heteroatoms. The molecular weight excluding hydrogens is 250 g/mol. The molecule has 0 aromatic heterocycles. The predicted octanol–water partition coefficient (Wildman–Crippen LogP) is 3.32. The average Bonchev–Trinajstić information content (AvgIpc) is 2.97. The van der Waals surface area contributed by atoms with Crippen LogP contribution < -0.4 is 0 Å². The van der Waals surface area contributed by atoms with Gasteiger partial charge in [0.2, 0.25) is 5.91 Å². The lowest BCUT2D eigenvalue weighted by Crippen LogP contribution is -2.46. The number of rotatable bonds is 2. The van der Waals surface area contributed by atoms with E-state index in [1.54, 1.807) is 0 Å². The van der Waals surface area contributed by atoms with Crippen LogP contribution >= 0.6 is 0 Å². The van der Waals surface area contributed by atoms with Crippen molar-refractivity contribution < 1.29 is 9.59 Å². The van der Waals surface area contributed by atoms with Crippen molar-refractivity contribution in [2.75, 3.05) is 6.54 Å². The van der Waals surface area contributed by atoms with E-state index in [1.165, 1.54) is 25.7 Å². The Hall–Kier alpha value is -0.860. The topological polar surface area (TPSA) is 37.4 Å².